The second-order valence-electron chi connectivity index (χ2n) is 6.20. The fraction of sp³-hybridized carbons (Fsp3) is 0.500. The SMILES string of the molecule is CC(C)CC(=O)NC(=S)N1CCN(c2ccc([N+](=O)[O-])cc2)CC1. The average Bonchev–Trinajstić information content (AvgIpc) is 2.54. The summed E-state index contributed by atoms with van der Waals surface area (Å²) in [5, 5.41) is 14.0. The molecule has 2 rings (SSSR count). The van der Waals surface area contributed by atoms with Crippen LogP contribution in [0.25, 0.3) is 0 Å². The predicted molar refractivity (Wildman–Crippen MR) is 97.1 cm³/mol. The maximum absolute atomic E-state index is 11.8. The topological polar surface area (TPSA) is 78.7 Å². The molecule has 0 saturated carbocycles. The number of anilines is 1. The molecule has 1 N–H and O–H groups in total. The van der Waals surface area contributed by atoms with Gasteiger partial charge in [-0.15, -0.1) is 0 Å². The number of nitrogens with zero attached hydrogens (tertiary/aromatic N) is 3. The second-order valence-corrected chi connectivity index (χ2v) is 6.59. The van der Waals surface area contributed by atoms with Crippen LogP contribution in [0.1, 0.15) is 20.3 Å². The van der Waals surface area contributed by atoms with Crippen molar-refractivity contribution in [2.24, 2.45) is 5.92 Å². The molecule has 0 aromatic heterocycles. The van der Waals surface area contributed by atoms with Crippen LogP contribution in [-0.4, -0.2) is 47.0 Å². The largest absolute Gasteiger partial charge is 0.368 e. The number of piperazine rings is 1. The van der Waals surface area contributed by atoms with Crippen LogP contribution in [0.4, 0.5) is 11.4 Å². The summed E-state index contributed by atoms with van der Waals surface area (Å²) in [6, 6.07) is 6.55. The molecule has 0 bridgehead atoms. The van der Waals surface area contributed by atoms with E-state index in [2.05, 4.69) is 10.2 Å². The number of thiocarbonyl (C=S) groups is 1. The molecule has 1 amide bonds. The highest BCUT2D eigenvalue weighted by atomic mass is 32.1. The van der Waals surface area contributed by atoms with Crippen LogP contribution in [0.15, 0.2) is 24.3 Å². The monoisotopic (exact) mass is 350 g/mol. The summed E-state index contributed by atoms with van der Waals surface area (Å²) in [5.74, 6) is 0.250. The van der Waals surface area contributed by atoms with Gasteiger partial charge >= 0.3 is 0 Å². The molecule has 1 aliphatic heterocycles. The highest BCUT2D eigenvalue weighted by Crippen LogP contribution is 2.20. The van der Waals surface area contributed by atoms with E-state index in [9.17, 15) is 14.9 Å². The maximum Gasteiger partial charge on any atom is 0.269 e. The van der Waals surface area contributed by atoms with E-state index in [0.29, 0.717) is 30.5 Å². The third-order valence-electron chi connectivity index (χ3n) is 3.83. The van der Waals surface area contributed by atoms with Crippen LogP contribution >= 0.6 is 12.2 Å². The molecule has 0 spiro atoms. The molecular formula is C16H22N4O3S. The molecule has 0 aliphatic carbocycles. The summed E-state index contributed by atoms with van der Waals surface area (Å²) in [6.07, 6.45) is 0.461. The smallest absolute Gasteiger partial charge is 0.269 e. The minimum atomic E-state index is -0.403. The molecule has 1 aliphatic rings. The number of hydrogen-bond donors (Lipinski definition) is 1. The first-order chi connectivity index (χ1) is 11.4. The van der Waals surface area contributed by atoms with Gasteiger partial charge in [0, 0.05) is 50.4 Å². The molecule has 1 aromatic rings. The zero-order valence-electron chi connectivity index (χ0n) is 13.9. The lowest BCUT2D eigenvalue weighted by molar-refractivity contribution is -0.384. The predicted octanol–water partition coefficient (Wildman–Crippen LogP) is 2.16. The third-order valence-corrected chi connectivity index (χ3v) is 4.19. The fourth-order valence-electron chi connectivity index (χ4n) is 2.57. The van der Waals surface area contributed by atoms with Gasteiger partial charge in [-0.3, -0.25) is 14.9 Å². The van der Waals surface area contributed by atoms with Crippen molar-refractivity contribution in [2.75, 3.05) is 31.1 Å². The molecule has 1 fully saturated rings. The van der Waals surface area contributed by atoms with E-state index in [1.807, 2.05) is 18.7 Å². The molecule has 0 unspecified atom stereocenters. The Morgan fingerprint density at radius 2 is 1.83 bits per heavy atom. The van der Waals surface area contributed by atoms with E-state index in [1.165, 1.54) is 12.1 Å². The number of rotatable bonds is 4. The number of carbonyl (C=O) groups excluding carboxylic acids is 1. The number of carbonyl (C=O) groups is 1. The number of hydrogen-bond acceptors (Lipinski definition) is 5. The summed E-state index contributed by atoms with van der Waals surface area (Å²) in [6.45, 7) is 6.89. The van der Waals surface area contributed by atoms with Crippen molar-refractivity contribution in [3.05, 3.63) is 34.4 Å². The Balaban J connectivity index is 1.85. The van der Waals surface area contributed by atoms with Gasteiger partial charge in [0.25, 0.3) is 5.69 Å². The van der Waals surface area contributed by atoms with E-state index in [-0.39, 0.29) is 11.6 Å². The lowest BCUT2D eigenvalue weighted by Crippen LogP contribution is -2.52. The summed E-state index contributed by atoms with van der Waals surface area (Å²) in [7, 11) is 0. The summed E-state index contributed by atoms with van der Waals surface area (Å²) in [5.41, 5.74) is 1.04. The van der Waals surface area contributed by atoms with Crippen LogP contribution in [0.5, 0.6) is 0 Å². The van der Waals surface area contributed by atoms with Crippen molar-refractivity contribution < 1.29 is 9.72 Å². The average molecular weight is 350 g/mol. The first-order valence-corrected chi connectivity index (χ1v) is 8.36. The molecule has 130 valence electrons. The van der Waals surface area contributed by atoms with Gasteiger partial charge in [0.05, 0.1) is 4.92 Å². The van der Waals surface area contributed by atoms with Gasteiger partial charge in [-0.25, -0.2) is 0 Å². The number of benzene rings is 1. The van der Waals surface area contributed by atoms with Gasteiger partial charge in [0.15, 0.2) is 5.11 Å². The van der Waals surface area contributed by atoms with Gasteiger partial charge in [-0.2, -0.15) is 0 Å². The molecule has 0 radical (unpaired) electrons. The Bertz CT molecular complexity index is 610. The molecular weight excluding hydrogens is 328 g/mol. The van der Waals surface area contributed by atoms with Crippen molar-refractivity contribution in [1.29, 1.82) is 0 Å². The van der Waals surface area contributed by atoms with Crippen LogP contribution < -0.4 is 10.2 Å². The molecule has 1 heterocycles. The first kappa shape index (κ1) is 18.1. The lowest BCUT2D eigenvalue weighted by atomic mass is 10.1. The number of nitro benzene ring substituents is 1. The third kappa shape index (κ3) is 4.89. The number of nitro groups is 1. The van der Waals surface area contributed by atoms with Crippen molar-refractivity contribution >= 4 is 34.6 Å². The van der Waals surface area contributed by atoms with Gasteiger partial charge in [0.1, 0.15) is 0 Å². The van der Waals surface area contributed by atoms with E-state index in [0.717, 1.165) is 18.8 Å². The van der Waals surface area contributed by atoms with E-state index < -0.39 is 4.92 Å². The van der Waals surface area contributed by atoms with E-state index >= 15 is 0 Å². The van der Waals surface area contributed by atoms with Crippen LogP contribution in [-0.2, 0) is 4.79 Å². The number of amides is 1. The van der Waals surface area contributed by atoms with Crippen LogP contribution in [0.3, 0.4) is 0 Å². The van der Waals surface area contributed by atoms with E-state index in [1.54, 1.807) is 12.1 Å². The zero-order valence-corrected chi connectivity index (χ0v) is 14.7. The normalized spacial score (nSPS) is 14.6. The molecule has 24 heavy (non-hydrogen) atoms. The van der Waals surface area contributed by atoms with Crippen LogP contribution in [0, 0.1) is 16.0 Å². The van der Waals surface area contributed by atoms with Gasteiger partial charge in [-0.05, 0) is 30.3 Å². The lowest BCUT2D eigenvalue weighted by Gasteiger charge is -2.37. The van der Waals surface area contributed by atoms with Crippen molar-refractivity contribution in [1.82, 2.24) is 10.2 Å². The maximum atomic E-state index is 11.8. The minimum absolute atomic E-state index is 0.0483. The van der Waals surface area contributed by atoms with E-state index in [4.69, 9.17) is 12.2 Å². The standard InChI is InChI=1S/C16H22N4O3S/c1-12(2)11-15(21)17-16(24)19-9-7-18(8-10-19)13-3-5-14(6-4-13)20(22)23/h3-6,12H,7-11H2,1-2H3,(H,17,21,24). The quantitative estimate of drug-likeness (QED) is 0.509. The molecule has 8 heteroatoms. The van der Waals surface area contributed by atoms with Crippen molar-refractivity contribution in [2.45, 2.75) is 20.3 Å². The van der Waals surface area contributed by atoms with Gasteiger partial charge in [0.2, 0.25) is 5.91 Å². The number of non-ortho nitro benzene ring substituents is 1. The molecule has 7 nitrogen and oxygen atoms in total. The summed E-state index contributed by atoms with van der Waals surface area (Å²) < 4.78 is 0. The molecule has 1 aromatic carbocycles. The Kier molecular flexibility index (Phi) is 6.08. The van der Waals surface area contributed by atoms with Crippen molar-refractivity contribution in [3.63, 3.8) is 0 Å². The highest BCUT2D eigenvalue weighted by Gasteiger charge is 2.21. The van der Waals surface area contributed by atoms with Gasteiger partial charge in [-0.1, -0.05) is 13.8 Å². The Morgan fingerprint density at radius 3 is 2.33 bits per heavy atom. The minimum Gasteiger partial charge on any atom is -0.368 e. The summed E-state index contributed by atoms with van der Waals surface area (Å²) in [4.78, 5) is 26.2. The Morgan fingerprint density at radius 1 is 1.25 bits per heavy atom. The summed E-state index contributed by atoms with van der Waals surface area (Å²) >= 11 is 5.30. The fourth-order valence-corrected chi connectivity index (χ4v) is 2.87. The molecule has 0 atom stereocenters. The first-order valence-electron chi connectivity index (χ1n) is 7.95. The Labute approximate surface area is 146 Å². The molecule has 1 saturated heterocycles. The number of nitrogens with one attached hydrogen (secondary N) is 1. The Hall–Kier alpha value is -2.22. The van der Waals surface area contributed by atoms with Gasteiger partial charge < -0.3 is 15.1 Å². The highest BCUT2D eigenvalue weighted by molar-refractivity contribution is 7.80. The second kappa shape index (κ2) is 8.05. The van der Waals surface area contributed by atoms with Crippen LogP contribution in [0.2, 0.25) is 0 Å². The zero-order chi connectivity index (χ0) is 17.7. The van der Waals surface area contributed by atoms with Crippen molar-refractivity contribution in [3.8, 4) is 0 Å².